The van der Waals surface area contributed by atoms with E-state index < -0.39 is 22.0 Å². The molecule has 0 bridgehead atoms. The fourth-order valence-electron chi connectivity index (χ4n) is 2.65. The quantitative estimate of drug-likeness (QED) is 0.723. The van der Waals surface area contributed by atoms with E-state index in [1.54, 1.807) is 4.90 Å². The van der Waals surface area contributed by atoms with Crippen molar-refractivity contribution in [3.63, 3.8) is 0 Å². The van der Waals surface area contributed by atoms with Crippen molar-refractivity contribution in [3.05, 3.63) is 29.8 Å². The number of rotatable bonds is 7. The highest BCUT2D eigenvalue weighted by Gasteiger charge is 2.26. The Balaban J connectivity index is 2.12. The number of aliphatic carboxylic acids is 1. The van der Waals surface area contributed by atoms with Crippen molar-refractivity contribution in [2.45, 2.75) is 31.2 Å². The van der Waals surface area contributed by atoms with E-state index in [0.29, 0.717) is 31.9 Å². The molecule has 0 unspecified atom stereocenters. The number of ether oxygens (including phenoxy) is 1. The van der Waals surface area contributed by atoms with Crippen molar-refractivity contribution in [2.75, 3.05) is 26.3 Å². The molecule has 1 aliphatic rings. The Labute approximate surface area is 153 Å². The Morgan fingerprint density at radius 3 is 2.27 bits per heavy atom. The van der Waals surface area contributed by atoms with Crippen LogP contribution in [0.25, 0.3) is 0 Å². The number of amides is 1. The normalized spacial score (nSPS) is 16.5. The predicted molar refractivity (Wildman–Crippen MR) is 94.4 cm³/mol. The molecule has 8 nitrogen and oxygen atoms in total. The second kappa shape index (κ2) is 8.61. The maximum atomic E-state index is 12.4. The lowest BCUT2D eigenvalue weighted by Gasteiger charge is -2.26. The van der Waals surface area contributed by atoms with Gasteiger partial charge in [0.1, 0.15) is 6.04 Å². The summed E-state index contributed by atoms with van der Waals surface area (Å²) in [6, 6.07) is 4.29. The summed E-state index contributed by atoms with van der Waals surface area (Å²) in [6.45, 7) is 5.58. The molecule has 0 aliphatic carbocycles. The van der Waals surface area contributed by atoms with Gasteiger partial charge >= 0.3 is 5.97 Å². The molecule has 0 radical (unpaired) electrons. The van der Waals surface area contributed by atoms with E-state index in [9.17, 15) is 23.1 Å². The molecular weight excluding hydrogens is 360 g/mol. The van der Waals surface area contributed by atoms with Crippen LogP contribution in [0.3, 0.4) is 0 Å². The van der Waals surface area contributed by atoms with Crippen molar-refractivity contribution in [3.8, 4) is 0 Å². The van der Waals surface area contributed by atoms with E-state index >= 15 is 0 Å². The van der Waals surface area contributed by atoms with Gasteiger partial charge < -0.3 is 14.7 Å². The number of carboxylic acid groups (broad SMARTS) is 1. The maximum Gasteiger partial charge on any atom is 0.321 e. The second-order valence-electron chi connectivity index (χ2n) is 6.57. The summed E-state index contributed by atoms with van der Waals surface area (Å²) in [7, 11) is -3.99. The lowest BCUT2D eigenvalue weighted by molar-refractivity contribution is -0.139. The van der Waals surface area contributed by atoms with Crippen molar-refractivity contribution in [2.24, 2.45) is 5.92 Å². The molecule has 144 valence electrons. The third-order valence-corrected chi connectivity index (χ3v) is 5.50. The first kappa shape index (κ1) is 20.3. The lowest BCUT2D eigenvalue weighted by Crippen LogP contribution is -2.41. The molecular formula is C17H24N2O6S. The Morgan fingerprint density at radius 2 is 1.77 bits per heavy atom. The van der Waals surface area contributed by atoms with Crippen LogP contribution in [0, 0.1) is 5.92 Å². The second-order valence-corrected chi connectivity index (χ2v) is 8.28. The van der Waals surface area contributed by atoms with Gasteiger partial charge in [-0.1, -0.05) is 13.8 Å². The summed E-state index contributed by atoms with van der Waals surface area (Å²) in [5.41, 5.74) is 0.378. The van der Waals surface area contributed by atoms with E-state index in [1.807, 2.05) is 13.8 Å². The van der Waals surface area contributed by atoms with E-state index in [2.05, 4.69) is 4.72 Å². The minimum absolute atomic E-state index is 0.0207. The number of carbonyl (C=O) groups is 2. The van der Waals surface area contributed by atoms with Crippen LogP contribution in [0.1, 0.15) is 30.6 Å². The largest absolute Gasteiger partial charge is 0.480 e. The van der Waals surface area contributed by atoms with Crippen LogP contribution in [-0.4, -0.2) is 62.6 Å². The van der Waals surface area contributed by atoms with Gasteiger partial charge in [0, 0.05) is 18.7 Å². The number of nitrogens with one attached hydrogen (secondary N) is 1. The summed E-state index contributed by atoms with van der Waals surface area (Å²) >= 11 is 0. The minimum Gasteiger partial charge on any atom is -0.480 e. The molecule has 2 N–H and O–H groups in total. The van der Waals surface area contributed by atoms with Gasteiger partial charge in [-0.15, -0.1) is 0 Å². The summed E-state index contributed by atoms with van der Waals surface area (Å²) in [4.78, 5) is 25.2. The van der Waals surface area contributed by atoms with Crippen LogP contribution >= 0.6 is 0 Å². The van der Waals surface area contributed by atoms with Crippen LogP contribution in [-0.2, 0) is 19.6 Å². The number of carbonyl (C=O) groups excluding carboxylic acids is 1. The molecule has 1 saturated heterocycles. The molecule has 1 atom stereocenters. The average molecular weight is 384 g/mol. The highest BCUT2D eigenvalue weighted by molar-refractivity contribution is 7.89. The van der Waals surface area contributed by atoms with Crippen molar-refractivity contribution in [1.29, 1.82) is 0 Å². The molecule has 1 fully saturated rings. The Hall–Kier alpha value is -1.97. The maximum absolute atomic E-state index is 12.4. The van der Waals surface area contributed by atoms with Crippen LogP contribution in [0.2, 0.25) is 0 Å². The molecule has 1 amide bonds. The summed E-state index contributed by atoms with van der Waals surface area (Å²) in [5, 5.41) is 9.21. The Morgan fingerprint density at radius 1 is 1.19 bits per heavy atom. The number of carboxylic acids is 1. The molecule has 0 spiro atoms. The highest BCUT2D eigenvalue weighted by atomic mass is 32.2. The first-order valence-electron chi connectivity index (χ1n) is 8.43. The van der Waals surface area contributed by atoms with E-state index in [4.69, 9.17) is 4.74 Å². The summed E-state index contributed by atoms with van der Waals surface area (Å²) < 4.78 is 32.3. The Kier molecular flexibility index (Phi) is 6.74. The number of hydrogen-bond donors (Lipinski definition) is 2. The summed E-state index contributed by atoms with van der Waals surface area (Å²) in [6.07, 6.45) is 0.183. The van der Waals surface area contributed by atoms with Gasteiger partial charge in [-0.05, 0) is 36.6 Å². The smallest absolute Gasteiger partial charge is 0.321 e. The zero-order valence-corrected chi connectivity index (χ0v) is 15.7. The molecule has 1 aromatic rings. The SMILES string of the molecule is CC(C)C[C@H](NS(=O)(=O)c1ccc(C(=O)N2CCOCC2)cc1)C(=O)O. The van der Waals surface area contributed by atoms with E-state index in [-0.39, 0.29) is 23.1 Å². The fraction of sp³-hybridized carbons (Fsp3) is 0.529. The van der Waals surface area contributed by atoms with Gasteiger partial charge in [-0.3, -0.25) is 9.59 Å². The molecule has 1 heterocycles. The first-order chi connectivity index (χ1) is 12.2. The predicted octanol–water partition coefficient (Wildman–Crippen LogP) is 0.937. The third kappa shape index (κ3) is 5.26. The van der Waals surface area contributed by atoms with Gasteiger partial charge in [-0.2, -0.15) is 4.72 Å². The van der Waals surface area contributed by atoms with E-state index in [1.165, 1.54) is 24.3 Å². The standard InChI is InChI=1S/C17H24N2O6S/c1-12(2)11-15(17(21)22)18-26(23,24)14-5-3-13(4-6-14)16(20)19-7-9-25-10-8-19/h3-6,12,15,18H,7-11H2,1-2H3,(H,21,22)/t15-/m0/s1. The monoisotopic (exact) mass is 384 g/mol. The molecule has 26 heavy (non-hydrogen) atoms. The van der Waals surface area contributed by atoms with Crippen molar-refractivity contribution in [1.82, 2.24) is 9.62 Å². The van der Waals surface area contributed by atoms with Crippen LogP contribution in [0.4, 0.5) is 0 Å². The molecule has 0 saturated carbocycles. The highest BCUT2D eigenvalue weighted by Crippen LogP contribution is 2.15. The number of hydrogen-bond acceptors (Lipinski definition) is 5. The third-order valence-electron chi connectivity index (χ3n) is 4.01. The Bertz CT molecular complexity index is 739. The number of nitrogens with zero attached hydrogens (tertiary/aromatic N) is 1. The van der Waals surface area contributed by atoms with Gasteiger partial charge in [0.2, 0.25) is 10.0 Å². The van der Waals surface area contributed by atoms with Crippen LogP contribution in [0.5, 0.6) is 0 Å². The molecule has 2 rings (SSSR count). The molecule has 0 aromatic heterocycles. The first-order valence-corrected chi connectivity index (χ1v) is 9.91. The van der Waals surface area contributed by atoms with Gasteiger partial charge in [0.05, 0.1) is 18.1 Å². The number of benzene rings is 1. The molecule has 9 heteroatoms. The molecule has 1 aliphatic heterocycles. The molecule has 1 aromatic carbocycles. The van der Waals surface area contributed by atoms with Gasteiger partial charge in [-0.25, -0.2) is 8.42 Å². The van der Waals surface area contributed by atoms with Crippen LogP contribution < -0.4 is 4.72 Å². The topological polar surface area (TPSA) is 113 Å². The minimum atomic E-state index is -3.99. The van der Waals surface area contributed by atoms with E-state index in [0.717, 1.165) is 0 Å². The number of sulfonamides is 1. The number of morpholine rings is 1. The van der Waals surface area contributed by atoms with Crippen LogP contribution in [0.15, 0.2) is 29.2 Å². The van der Waals surface area contributed by atoms with Crippen molar-refractivity contribution < 1.29 is 27.9 Å². The summed E-state index contributed by atoms with van der Waals surface area (Å²) in [5.74, 6) is -1.39. The zero-order chi connectivity index (χ0) is 19.3. The lowest BCUT2D eigenvalue weighted by atomic mass is 10.1. The fourth-order valence-corrected chi connectivity index (χ4v) is 3.85. The van der Waals surface area contributed by atoms with Gasteiger partial charge in [0.15, 0.2) is 0 Å². The zero-order valence-electron chi connectivity index (χ0n) is 14.8. The van der Waals surface area contributed by atoms with Crippen molar-refractivity contribution >= 4 is 21.9 Å². The van der Waals surface area contributed by atoms with Gasteiger partial charge in [0.25, 0.3) is 5.91 Å². The average Bonchev–Trinajstić information content (AvgIpc) is 2.61.